The zero-order chi connectivity index (χ0) is 11.5. The van der Waals surface area contributed by atoms with Crippen molar-refractivity contribution in [3.8, 4) is 0 Å². The molecule has 16 heavy (non-hydrogen) atoms. The van der Waals surface area contributed by atoms with E-state index in [1.54, 1.807) is 13.3 Å². The fourth-order valence-electron chi connectivity index (χ4n) is 2.23. The Morgan fingerprint density at radius 2 is 2.56 bits per heavy atom. The van der Waals surface area contributed by atoms with Crippen LogP contribution >= 0.6 is 0 Å². The number of hydrogen-bond acceptors (Lipinski definition) is 6. The van der Waals surface area contributed by atoms with E-state index < -0.39 is 5.97 Å². The van der Waals surface area contributed by atoms with Gasteiger partial charge in [-0.1, -0.05) is 5.16 Å². The molecule has 1 fully saturated rings. The Morgan fingerprint density at radius 1 is 1.75 bits per heavy atom. The van der Waals surface area contributed by atoms with Gasteiger partial charge in [-0.3, -0.25) is 4.99 Å². The summed E-state index contributed by atoms with van der Waals surface area (Å²) < 4.78 is 4.83. The van der Waals surface area contributed by atoms with Gasteiger partial charge in [-0.2, -0.15) is 0 Å². The highest BCUT2D eigenvalue weighted by molar-refractivity contribution is 6.38. The average Bonchev–Trinajstić information content (AvgIpc) is 2.83. The quantitative estimate of drug-likeness (QED) is 0.323. The summed E-state index contributed by atoms with van der Waals surface area (Å²) in [6.45, 7) is 2.93. The number of aliphatic imine (C=N–C) groups is 1. The van der Waals surface area contributed by atoms with Gasteiger partial charge in [0.25, 0.3) is 0 Å². The molecule has 0 amide bonds. The number of carbonyl (C=O) groups is 1. The summed E-state index contributed by atoms with van der Waals surface area (Å²) in [6, 6.07) is -0.234. The minimum absolute atomic E-state index is 0.00694. The van der Waals surface area contributed by atoms with E-state index in [1.807, 2.05) is 0 Å². The van der Waals surface area contributed by atoms with E-state index in [9.17, 15) is 4.79 Å². The number of nitrogens with zero attached hydrogens (tertiary/aromatic N) is 3. The van der Waals surface area contributed by atoms with Crippen LogP contribution < -0.4 is 0 Å². The predicted molar refractivity (Wildman–Crippen MR) is 57.9 cm³/mol. The van der Waals surface area contributed by atoms with Crippen molar-refractivity contribution in [3.05, 3.63) is 0 Å². The topological polar surface area (TPSA) is 74.5 Å². The lowest BCUT2D eigenvalue weighted by Crippen LogP contribution is -2.39. The van der Waals surface area contributed by atoms with E-state index in [-0.39, 0.29) is 24.4 Å². The molecule has 88 valence electrons. The molecule has 2 rings (SSSR count). The molecule has 0 saturated carbocycles. The summed E-state index contributed by atoms with van der Waals surface area (Å²) in [5.41, 5.74) is 0.00694. The van der Waals surface area contributed by atoms with Crippen molar-refractivity contribution in [1.29, 1.82) is 0 Å². The molecule has 0 aliphatic carbocycles. The minimum Gasteiger partial charge on any atom is -0.461 e. The fraction of sp³-hybridized carbons (Fsp3) is 0.700. The zero-order valence-electron chi connectivity index (χ0n) is 9.17. The van der Waals surface area contributed by atoms with E-state index in [0.29, 0.717) is 0 Å². The third-order valence-corrected chi connectivity index (χ3v) is 2.95. The van der Waals surface area contributed by atoms with Crippen molar-refractivity contribution in [2.75, 3.05) is 13.2 Å². The van der Waals surface area contributed by atoms with Crippen LogP contribution in [0.25, 0.3) is 0 Å². The van der Waals surface area contributed by atoms with Gasteiger partial charge < -0.3 is 14.8 Å². The van der Waals surface area contributed by atoms with Crippen LogP contribution in [-0.2, 0) is 9.53 Å². The number of hydrogen-bond donors (Lipinski definition) is 1. The number of esters is 1. The number of ether oxygens (including phenoxy) is 1. The monoisotopic (exact) mass is 225 g/mol. The molecule has 6 nitrogen and oxygen atoms in total. The Balaban J connectivity index is 2.11. The molecule has 0 radical (unpaired) electrons. The smallest absolute Gasteiger partial charge is 0.358 e. The van der Waals surface area contributed by atoms with Gasteiger partial charge in [0.1, 0.15) is 6.04 Å². The summed E-state index contributed by atoms with van der Waals surface area (Å²) in [5.74, 6) is -0.582. The van der Waals surface area contributed by atoms with Crippen LogP contribution in [0.2, 0.25) is 0 Å². The molecule has 0 aromatic heterocycles. The Kier molecular flexibility index (Phi) is 3.07. The molecule has 1 N–H and O–H groups in total. The molecule has 0 aromatic carbocycles. The van der Waals surface area contributed by atoms with E-state index in [0.717, 1.165) is 19.4 Å². The predicted octanol–water partition coefficient (Wildman–Crippen LogP) is 0.255. The van der Waals surface area contributed by atoms with Crippen LogP contribution in [-0.4, -0.2) is 53.4 Å². The van der Waals surface area contributed by atoms with E-state index in [1.165, 1.54) is 0 Å². The lowest BCUT2D eigenvalue weighted by Gasteiger charge is -2.19. The van der Waals surface area contributed by atoms with Crippen molar-refractivity contribution in [3.63, 3.8) is 0 Å². The molecule has 2 aliphatic heterocycles. The molecular formula is C10H15N3O3. The summed E-state index contributed by atoms with van der Waals surface area (Å²) >= 11 is 0. The Hall–Kier alpha value is -1.59. The number of rotatable bonds is 3. The van der Waals surface area contributed by atoms with Crippen LogP contribution in [0.1, 0.15) is 19.8 Å². The summed E-state index contributed by atoms with van der Waals surface area (Å²) in [4.78, 5) is 17.8. The van der Waals surface area contributed by atoms with Gasteiger partial charge >= 0.3 is 5.97 Å². The number of oxime groups is 1. The molecule has 2 aliphatic rings. The van der Waals surface area contributed by atoms with Gasteiger partial charge in [-0.05, 0) is 19.8 Å². The molecule has 0 spiro atoms. The summed E-state index contributed by atoms with van der Waals surface area (Å²) in [7, 11) is 0. The van der Waals surface area contributed by atoms with Crippen LogP contribution in [0.3, 0.4) is 0 Å². The normalized spacial score (nSPS) is 28.3. The lowest BCUT2D eigenvalue weighted by molar-refractivity contribution is -0.135. The maximum absolute atomic E-state index is 11.5. The molecule has 0 bridgehead atoms. The average molecular weight is 225 g/mol. The number of fused-ring (bicyclic) bond motifs is 1. The first kappa shape index (κ1) is 10.9. The van der Waals surface area contributed by atoms with E-state index in [2.05, 4.69) is 15.0 Å². The highest BCUT2D eigenvalue weighted by Gasteiger charge is 2.40. The zero-order valence-corrected chi connectivity index (χ0v) is 9.17. The third kappa shape index (κ3) is 1.75. The summed E-state index contributed by atoms with van der Waals surface area (Å²) in [5, 5.41) is 11.9. The molecule has 2 atom stereocenters. The Morgan fingerprint density at radius 3 is 3.25 bits per heavy atom. The second-order valence-electron chi connectivity index (χ2n) is 3.86. The standard InChI is InChI=1S/C10H15N3O3/c1-2-16-10(14)9(12-15)8-7-4-3-5-13(7)6-11-8/h6-8,15H,2-5H2,1H3. The highest BCUT2D eigenvalue weighted by Crippen LogP contribution is 2.26. The van der Waals surface area contributed by atoms with Crippen molar-refractivity contribution in [1.82, 2.24) is 4.90 Å². The molecule has 1 saturated heterocycles. The van der Waals surface area contributed by atoms with Gasteiger partial charge in [-0.25, -0.2) is 4.79 Å². The van der Waals surface area contributed by atoms with Crippen molar-refractivity contribution >= 4 is 18.0 Å². The molecule has 6 heteroatoms. The lowest BCUT2D eigenvalue weighted by atomic mass is 10.0. The van der Waals surface area contributed by atoms with Crippen LogP contribution in [0.5, 0.6) is 0 Å². The third-order valence-electron chi connectivity index (χ3n) is 2.95. The maximum Gasteiger partial charge on any atom is 0.358 e. The number of carbonyl (C=O) groups excluding carboxylic acids is 1. The van der Waals surface area contributed by atoms with Gasteiger partial charge in [0.05, 0.1) is 19.0 Å². The van der Waals surface area contributed by atoms with Gasteiger partial charge in [0.15, 0.2) is 5.71 Å². The first-order chi connectivity index (χ1) is 7.77. The van der Waals surface area contributed by atoms with Crippen LogP contribution in [0.4, 0.5) is 0 Å². The van der Waals surface area contributed by atoms with Gasteiger partial charge in [0, 0.05) is 6.54 Å². The molecular weight excluding hydrogens is 210 g/mol. The second-order valence-corrected chi connectivity index (χ2v) is 3.86. The minimum atomic E-state index is -0.582. The van der Waals surface area contributed by atoms with Crippen LogP contribution in [0, 0.1) is 0 Å². The maximum atomic E-state index is 11.5. The highest BCUT2D eigenvalue weighted by atomic mass is 16.5. The molecule has 2 unspecified atom stereocenters. The van der Waals surface area contributed by atoms with E-state index in [4.69, 9.17) is 9.94 Å². The molecule has 0 aromatic rings. The van der Waals surface area contributed by atoms with E-state index >= 15 is 0 Å². The first-order valence-electron chi connectivity index (χ1n) is 5.46. The van der Waals surface area contributed by atoms with Crippen molar-refractivity contribution in [2.24, 2.45) is 10.1 Å². The summed E-state index contributed by atoms with van der Waals surface area (Å²) in [6.07, 6.45) is 3.77. The van der Waals surface area contributed by atoms with Crippen molar-refractivity contribution < 1.29 is 14.7 Å². The van der Waals surface area contributed by atoms with Crippen LogP contribution in [0.15, 0.2) is 10.1 Å². The largest absolute Gasteiger partial charge is 0.461 e. The second kappa shape index (κ2) is 4.51. The Bertz CT molecular complexity index is 340. The Labute approximate surface area is 93.6 Å². The first-order valence-corrected chi connectivity index (χ1v) is 5.46. The fourth-order valence-corrected chi connectivity index (χ4v) is 2.23. The van der Waals surface area contributed by atoms with Crippen molar-refractivity contribution in [2.45, 2.75) is 31.8 Å². The van der Waals surface area contributed by atoms with Gasteiger partial charge in [-0.15, -0.1) is 0 Å². The molecule has 2 heterocycles. The van der Waals surface area contributed by atoms with Gasteiger partial charge in [0.2, 0.25) is 0 Å². The SMILES string of the molecule is CCOC(=O)C(=NO)C1N=CN2CCCC12.